The van der Waals surface area contributed by atoms with Crippen molar-refractivity contribution in [3.63, 3.8) is 0 Å². The molecule has 88 valence electrons. The van der Waals surface area contributed by atoms with Gasteiger partial charge in [0.1, 0.15) is 0 Å². The van der Waals surface area contributed by atoms with E-state index < -0.39 is 5.97 Å². The maximum Gasteiger partial charge on any atom is 0.307 e. The average molecular weight is 231 g/mol. The molecule has 0 spiro atoms. The van der Waals surface area contributed by atoms with Crippen LogP contribution in [0.2, 0.25) is 0 Å². The van der Waals surface area contributed by atoms with Crippen LogP contribution in [0.1, 0.15) is 27.2 Å². The minimum absolute atomic E-state index is 0.150. The Hall–Kier alpha value is -0.220. The Morgan fingerprint density at radius 2 is 2.27 bits per heavy atom. The van der Waals surface area contributed by atoms with E-state index in [0.29, 0.717) is 5.25 Å². The number of nitrogens with zero attached hydrogens (tertiary/aromatic N) is 1. The minimum Gasteiger partial charge on any atom is -0.481 e. The highest BCUT2D eigenvalue weighted by atomic mass is 32.2. The van der Waals surface area contributed by atoms with Gasteiger partial charge < -0.3 is 5.11 Å². The second-order valence-corrected chi connectivity index (χ2v) is 5.67. The molecule has 0 saturated carbocycles. The maximum absolute atomic E-state index is 10.9. The number of carboxylic acids is 1. The van der Waals surface area contributed by atoms with Crippen molar-refractivity contribution >= 4 is 17.7 Å². The van der Waals surface area contributed by atoms with Crippen molar-refractivity contribution in [2.75, 3.05) is 18.8 Å². The van der Waals surface area contributed by atoms with E-state index in [-0.39, 0.29) is 12.0 Å². The molecule has 0 aromatic rings. The van der Waals surface area contributed by atoms with Gasteiger partial charge in [0.2, 0.25) is 0 Å². The highest BCUT2D eigenvalue weighted by Gasteiger charge is 2.28. The van der Waals surface area contributed by atoms with Gasteiger partial charge in [-0.3, -0.25) is 9.69 Å². The highest BCUT2D eigenvalue weighted by Crippen LogP contribution is 2.24. The Kier molecular flexibility index (Phi) is 4.93. The lowest BCUT2D eigenvalue weighted by Crippen LogP contribution is -2.47. The van der Waals surface area contributed by atoms with Gasteiger partial charge in [-0.05, 0) is 13.3 Å². The molecule has 0 aliphatic carbocycles. The molecular weight excluding hydrogens is 210 g/mol. The Bertz CT molecular complexity index is 223. The van der Waals surface area contributed by atoms with E-state index in [2.05, 4.69) is 11.8 Å². The summed E-state index contributed by atoms with van der Waals surface area (Å²) >= 11 is 2.02. The number of aliphatic carboxylic acids is 1. The van der Waals surface area contributed by atoms with Gasteiger partial charge in [0.25, 0.3) is 0 Å². The molecule has 15 heavy (non-hydrogen) atoms. The fourth-order valence-electron chi connectivity index (χ4n) is 1.88. The molecule has 0 bridgehead atoms. The van der Waals surface area contributed by atoms with Crippen molar-refractivity contribution in [1.82, 2.24) is 4.90 Å². The van der Waals surface area contributed by atoms with E-state index in [1.165, 1.54) is 6.42 Å². The molecule has 1 saturated heterocycles. The second-order valence-electron chi connectivity index (χ2n) is 4.26. The molecule has 1 fully saturated rings. The molecule has 4 heteroatoms. The molecule has 1 rings (SSSR count). The molecular formula is C11H21NO2S. The van der Waals surface area contributed by atoms with E-state index in [1.54, 1.807) is 6.92 Å². The van der Waals surface area contributed by atoms with Crippen LogP contribution < -0.4 is 0 Å². The third-order valence-corrected chi connectivity index (χ3v) is 4.69. The molecule has 1 heterocycles. The first kappa shape index (κ1) is 12.8. The smallest absolute Gasteiger partial charge is 0.307 e. The Labute approximate surface area is 96.2 Å². The molecule has 0 radical (unpaired) electrons. The lowest BCUT2D eigenvalue weighted by atomic mass is 10.0. The molecule has 1 N–H and O–H groups in total. The topological polar surface area (TPSA) is 40.5 Å². The van der Waals surface area contributed by atoms with Crippen molar-refractivity contribution < 1.29 is 9.90 Å². The van der Waals surface area contributed by atoms with Crippen molar-refractivity contribution in [1.29, 1.82) is 0 Å². The van der Waals surface area contributed by atoms with Crippen LogP contribution in [-0.4, -0.2) is 46.1 Å². The zero-order valence-electron chi connectivity index (χ0n) is 9.77. The maximum atomic E-state index is 10.9. The van der Waals surface area contributed by atoms with Crippen LogP contribution in [0.4, 0.5) is 0 Å². The van der Waals surface area contributed by atoms with Crippen LogP contribution in [0.15, 0.2) is 0 Å². The van der Waals surface area contributed by atoms with E-state index >= 15 is 0 Å². The summed E-state index contributed by atoms with van der Waals surface area (Å²) in [5.74, 6) is 0.175. The van der Waals surface area contributed by atoms with Crippen LogP contribution >= 0.6 is 11.8 Å². The summed E-state index contributed by atoms with van der Waals surface area (Å²) in [6.07, 6.45) is 1.18. The molecule has 0 aromatic carbocycles. The van der Waals surface area contributed by atoms with Crippen molar-refractivity contribution in [3.05, 3.63) is 0 Å². The van der Waals surface area contributed by atoms with Crippen molar-refractivity contribution in [2.45, 2.75) is 38.5 Å². The van der Waals surface area contributed by atoms with Crippen LogP contribution in [0.3, 0.4) is 0 Å². The van der Waals surface area contributed by atoms with Gasteiger partial charge in [-0.1, -0.05) is 13.8 Å². The van der Waals surface area contributed by atoms with E-state index in [4.69, 9.17) is 5.11 Å². The van der Waals surface area contributed by atoms with Gasteiger partial charge in [0.05, 0.1) is 5.92 Å². The third-order valence-electron chi connectivity index (χ3n) is 3.31. The summed E-state index contributed by atoms with van der Waals surface area (Å²) in [6.45, 7) is 8.10. The summed E-state index contributed by atoms with van der Waals surface area (Å²) < 4.78 is 0. The lowest BCUT2D eigenvalue weighted by molar-refractivity contribution is -0.143. The third kappa shape index (κ3) is 3.38. The van der Waals surface area contributed by atoms with Gasteiger partial charge >= 0.3 is 5.97 Å². The largest absolute Gasteiger partial charge is 0.481 e. The summed E-state index contributed by atoms with van der Waals surface area (Å²) in [4.78, 5) is 13.2. The number of thioether (sulfide) groups is 1. The van der Waals surface area contributed by atoms with Gasteiger partial charge in [-0.15, -0.1) is 0 Å². The Morgan fingerprint density at radius 1 is 1.60 bits per heavy atom. The van der Waals surface area contributed by atoms with Gasteiger partial charge in [0.15, 0.2) is 0 Å². The molecule has 3 unspecified atom stereocenters. The zero-order valence-corrected chi connectivity index (χ0v) is 10.6. The average Bonchev–Trinajstić information content (AvgIpc) is 2.27. The van der Waals surface area contributed by atoms with Crippen LogP contribution in [0.25, 0.3) is 0 Å². The Morgan fingerprint density at radius 3 is 2.80 bits per heavy atom. The van der Waals surface area contributed by atoms with E-state index in [1.807, 2.05) is 18.7 Å². The van der Waals surface area contributed by atoms with Gasteiger partial charge in [0, 0.05) is 30.1 Å². The van der Waals surface area contributed by atoms with Crippen LogP contribution in [-0.2, 0) is 4.79 Å². The number of rotatable bonds is 4. The number of carbonyl (C=O) groups is 1. The molecule has 3 nitrogen and oxygen atoms in total. The fourth-order valence-corrected chi connectivity index (χ4v) is 3.09. The molecule has 1 aliphatic rings. The quantitative estimate of drug-likeness (QED) is 0.802. The SMILES string of the molecule is CCC1CN(C(C)C(C)C(=O)O)CCS1. The summed E-state index contributed by atoms with van der Waals surface area (Å²) in [5, 5.41) is 9.66. The number of carboxylic acid groups (broad SMARTS) is 1. The molecule has 1 aliphatic heterocycles. The first-order valence-electron chi connectivity index (χ1n) is 5.64. The molecule has 0 amide bonds. The molecule has 0 aromatic heterocycles. The number of hydrogen-bond acceptors (Lipinski definition) is 3. The standard InChI is InChI=1S/C11H21NO2S/c1-4-10-7-12(5-6-15-10)9(3)8(2)11(13)14/h8-10H,4-7H2,1-3H3,(H,13,14). The predicted molar refractivity (Wildman–Crippen MR) is 64.4 cm³/mol. The first-order valence-corrected chi connectivity index (χ1v) is 6.69. The van der Waals surface area contributed by atoms with Gasteiger partial charge in [-0.25, -0.2) is 0 Å². The molecule has 3 atom stereocenters. The van der Waals surface area contributed by atoms with E-state index in [9.17, 15) is 4.79 Å². The summed E-state index contributed by atoms with van der Waals surface area (Å²) in [7, 11) is 0. The second kappa shape index (κ2) is 5.75. The van der Waals surface area contributed by atoms with Crippen LogP contribution in [0.5, 0.6) is 0 Å². The summed E-state index contributed by atoms with van der Waals surface area (Å²) in [5.41, 5.74) is 0. The lowest BCUT2D eigenvalue weighted by Gasteiger charge is -2.37. The zero-order chi connectivity index (χ0) is 11.4. The number of hydrogen-bond donors (Lipinski definition) is 1. The minimum atomic E-state index is -0.686. The Balaban J connectivity index is 2.51. The van der Waals surface area contributed by atoms with Crippen molar-refractivity contribution in [2.24, 2.45) is 5.92 Å². The fraction of sp³-hybridized carbons (Fsp3) is 0.909. The summed E-state index contributed by atoms with van der Waals surface area (Å²) in [6, 6.07) is 0.150. The monoisotopic (exact) mass is 231 g/mol. The van der Waals surface area contributed by atoms with Gasteiger partial charge in [-0.2, -0.15) is 11.8 Å². The predicted octanol–water partition coefficient (Wildman–Crippen LogP) is 1.92. The van der Waals surface area contributed by atoms with Crippen LogP contribution in [0, 0.1) is 5.92 Å². The highest BCUT2D eigenvalue weighted by molar-refractivity contribution is 8.00. The first-order chi connectivity index (χ1) is 7.06. The van der Waals surface area contributed by atoms with E-state index in [0.717, 1.165) is 18.8 Å². The normalized spacial score (nSPS) is 27.3. The van der Waals surface area contributed by atoms with Crippen molar-refractivity contribution in [3.8, 4) is 0 Å².